The molecule has 6 aromatic carbocycles. The van der Waals surface area contributed by atoms with Gasteiger partial charge in [0, 0.05) is 33.3 Å². The molecule has 0 aliphatic heterocycles. The first-order chi connectivity index (χ1) is 17.3. The van der Waals surface area contributed by atoms with E-state index in [1.54, 1.807) is 0 Å². The first-order valence-electron chi connectivity index (χ1n) is 11.7. The van der Waals surface area contributed by atoms with Crippen molar-refractivity contribution in [1.82, 2.24) is 4.57 Å². The van der Waals surface area contributed by atoms with E-state index in [9.17, 15) is 0 Å². The van der Waals surface area contributed by atoms with Crippen LogP contribution in [-0.2, 0) is 0 Å². The fraction of sp³-hybridized carbons (Fsp3) is 0. The van der Waals surface area contributed by atoms with Gasteiger partial charge in [-0.05, 0) is 57.9 Å². The molecule has 0 saturated heterocycles. The van der Waals surface area contributed by atoms with Crippen molar-refractivity contribution < 1.29 is 4.42 Å². The monoisotopic (exact) mass is 467 g/mol. The minimum atomic E-state index is 0.712. The molecule has 8 aromatic rings. The first kappa shape index (κ1) is 19.1. The molecule has 8 rings (SSSR count). The molecule has 3 heteroatoms. The molecule has 0 unspecified atom stereocenters. The van der Waals surface area contributed by atoms with Gasteiger partial charge in [-0.15, -0.1) is 0 Å². The standard InChI is InChI=1S/C32H18ClNO/c33-25-10-5-11-28-30(25)24-15-14-21(18-29(24)35-28)34-26-16-12-19-6-1-3-8-22(19)31(26)32-23-9-4-2-7-20(23)13-17-27(32)34/h1-18H. The molecule has 2 heterocycles. The number of halogens is 1. The van der Waals surface area contributed by atoms with E-state index in [0.29, 0.717) is 5.02 Å². The molecule has 0 spiro atoms. The molecule has 164 valence electrons. The SMILES string of the molecule is Clc1cccc2oc3cc(-n4c5ccc6ccccc6c5c5c6ccccc6ccc54)ccc3c12. The van der Waals surface area contributed by atoms with E-state index in [-0.39, 0.29) is 0 Å². The summed E-state index contributed by atoms with van der Waals surface area (Å²) in [5.41, 5.74) is 5.08. The highest BCUT2D eigenvalue weighted by Gasteiger charge is 2.18. The number of rotatable bonds is 1. The lowest BCUT2D eigenvalue weighted by molar-refractivity contribution is 0.668. The Hall–Kier alpha value is -4.27. The molecule has 0 aliphatic carbocycles. The number of benzene rings is 6. The van der Waals surface area contributed by atoms with Crippen LogP contribution in [0.2, 0.25) is 5.02 Å². The summed E-state index contributed by atoms with van der Waals surface area (Å²) in [5, 5.41) is 10.3. The first-order valence-corrected chi connectivity index (χ1v) is 12.1. The third-order valence-electron chi connectivity index (χ3n) is 7.23. The van der Waals surface area contributed by atoms with Gasteiger partial charge >= 0.3 is 0 Å². The highest BCUT2D eigenvalue weighted by molar-refractivity contribution is 6.37. The van der Waals surface area contributed by atoms with Crippen molar-refractivity contribution in [2.24, 2.45) is 0 Å². The Morgan fingerprint density at radius 3 is 1.86 bits per heavy atom. The predicted octanol–water partition coefficient (Wildman–Crippen LogP) is 9.64. The number of furan rings is 1. The minimum absolute atomic E-state index is 0.712. The number of aromatic nitrogens is 1. The van der Waals surface area contributed by atoms with Gasteiger partial charge in [-0.25, -0.2) is 0 Å². The van der Waals surface area contributed by atoms with Gasteiger partial charge < -0.3 is 8.98 Å². The average Bonchev–Trinajstić information content (AvgIpc) is 3.45. The maximum Gasteiger partial charge on any atom is 0.137 e. The zero-order chi connectivity index (χ0) is 23.1. The van der Waals surface area contributed by atoms with Crippen LogP contribution >= 0.6 is 11.6 Å². The molecule has 0 aliphatic rings. The molecule has 35 heavy (non-hydrogen) atoms. The fourth-order valence-electron chi connectivity index (χ4n) is 5.74. The van der Waals surface area contributed by atoms with Crippen molar-refractivity contribution in [2.75, 3.05) is 0 Å². The number of hydrogen-bond acceptors (Lipinski definition) is 1. The van der Waals surface area contributed by atoms with Crippen LogP contribution in [0, 0.1) is 0 Å². The van der Waals surface area contributed by atoms with Crippen molar-refractivity contribution in [3.8, 4) is 5.69 Å². The zero-order valence-corrected chi connectivity index (χ0v) is 19.4. The summed E-state index contributed by atoms with van der Waals surface area (Å²) >= 11 is 6.52. The molecule has 2 nitrogen and oxygen atoms in total. The minimum Gasteiger partial charge on any atom is -0.456 e. The van der Waals surface area contributed by atoms with Gasteiger partial charge in [-0.3, -0.25) is 0 Å². The lowest BCUT2D eigenvalue weighted by atomic mass is 10.00. The fourth-order valence-corrected chi connectivity index (χ4v) is 6.00. The van der Waals surface area contributed by atoms with Gasteiger partial charge in [0.25, 0.3) is 0 Å². The van der Waals surface area contributed by atoms with Gasteiger partial charge in [-0.2, -0.15) is 0 Å². The van der Waals surface area contributed by atoms with Gasteiger partial charge in [-0.1, -0.05) is 78.3 Å². The second-order valence-electron chi connectivity index (χ2n) is 9.09. The van der Waals surface area contributed by atoms with Crippen molar-refractivity contribution in [3.63, 3.8) is 0 Å². The predicted molar refractivity (Wildman–Crippen MR) is 148 cm³/mol. The molecule has 0 N–H and O–H groups in total. The van der Waals surface area contributed by atoms with Crippen LogP contribution in [0.4, 0.5) is 0 Å². The van der Waals surface area contributed by atoms with Crippen LogP contribution in [0.1, 0.15) is 0 Å². The third-order valence-corrected chi connectivity index (χ3v) is 7.55. The zero-order valence-electron chi connectivity index (χ0n) is 18.6. The molecule has 0 atom stereocenters. The van der Waals surface area contributed by atoms with E-state index < -0.39 is 0 Å². The van der Waals surface area contributed by atoms with Gasteiger partial charge in [0.2, 0.25) is 0 Å². The maximum absolute atomic E-state index is 6.52. The quantitative estimate of drug-likeness (QED) is 0.235. The van der Waals surface area contributed by atoms with Gasteiger partial charge in [0.15, 0.2) is 0 Å². The van der Waals surface area contributed by atoms with Crippen molar-refractivity contribution in [2.45, 2.75) is 0 Å². The number of hydrogen-bond donors (Lipinski definition) is 0. The molecule has 0 saturated carbocycles. The summed E-state index contributed by atoms with van der Waals surface area (Å²) < 4.78 is 8.60. The van der Waals surface area contributed by atoms with Crippen LogP contribution in [0.5, 0.6) is 0 Å². The number of nitrogens with zero attached hydrogens (tertiary/aromatic N) is 1. The Bertz CT molecular complexity index is 2040. The second-order valence-corrected chi connectivity index (χ2v) is 9.50. The Labute approximate surface area is 205 Å². The summed E-state index contributed by atoms with van der Waals surface area (Å²) in [4.78, 5) is 0. The van der Waals surface area contributed by atoms with Crippen LogP contribution in [0.25, 0.3) is 71.0 Å². The molecule has 0 amide bonds. The van der Waals surface area contributed by atoms with E-state index in [4.69, 9.17) is 16.0 Å². The molecule has 2 aromatic heterocycles. The number of fused-ring (bicyclic) bond motifs is 10. The van der Waals surface area contributed by atoms with Crippen molar-refractivity contribution in [1.29, 1.82) is 0 Å². The van der Waals surface area contributed by atoms with Crippen LogP contribution < -0.4 is 0 Å². The average molecular weight is 468 g/mol. The van der Waals surface area contributed by atoms with Crippen LogP contribution in [-0.4, -0.2) is 4.57 Å². The molecule has 0 bridgehead atoms. The Kier molecular flexibility index (Phi) is 3.75. The Balaban J connectivity index is 1.56. The lowest BCUT2D eigenvalue weighted by Gasteiger charge is -2.08. The summed E-state index contributed by atoms with van der Waals surface area (Å²) in [6.07, 6.45) is 0. The Morgan fingerprint density at radius 1 is 0.514 bits per heavy atom. The largest absolute Gasteiger partial charge is 0.456 e. The lowest BCUT2D eigenvalue weighted by Crippen LogP contribution is -1.93. The Morgan fingerprint density at radius 2 is 1.17 bits per heavy atom. The molecular formula is C32H18ClNO. The van der Waals surface area contributed by atoms with Gasteiger partial charge in [0.1, 0.15) is 11.2 Å². The summed E-state index contributed by atoms with van der Waals surface area (Å²) in [6.45, 7) is 0. The smallest absolute Gasteiger partial charge is 0.137 e. The molecule has 0 radical (unpaired) electrons. The maximum atomic E-state index is 6.52. The van der Waals surface area contributed by atoms with Crippen molar-refractivity contribution >= 4 is 76.9 Å². The molecule has 0 fully saturated rings. The molecular weight excluding hydrogens is 450 g/mol. The highest BCUT2D eigenvalue weighted by Crippen LogP contribution is 2.41. The van der Waals surface area contributed by atoms with E-state index in [0.717, 1.165) is 27.6 Å². The highest BCUT2D eigenvalue weighted by atomic mass is 35.5. The van der Waals surface area contributed by atoms with Crippen LogP contribution in [0.3, 0.4) is 0 Å². The summed E-state index contributed by atoms with van der Waals surface area (Å²) in [7, 11) is 0. The topological polar surface area (TPSA) is 18.1 Å². The summed E-state index contributed by atoms with van der Waals surface area (Å²) in [5.74, 6) is 0. The third kappa shape index (κ3) is 2.55. The van der Waals surface area contributed by atoms with Crippen molar-refractivity contribution in [3.05, 3.63) is 114 Å². The normalized spacial score (nSPS) is 12.1. The summed E-state index contributed by atoms with van der Waals surface area (Å²) in [6, 6.07) is 38.5. The second kappa shape index (κ2) is 6.88. The van der Waals surface area contributed by atoms with E-state index >= 15 is 0 Å². The van der Waals surface area contributed by atoms with Crippen LogP contribution in [0.15, 0.2) is 114 Å². The van der Waals surface area contributed by atoms with E-state index in [1.807, 2.05) is 18.2 Å². The van der Waals surface area contributed by atoms with Gasteiger partial charge in [0.05, 0.1) is 16.1 Å². The van der Waals surface area contributed by atoms with E-state index in [2.05, 4.69) is 95.6 Å². The van der Waals surface area contributed by atoms with E-state index in [1.165, 1.54) is 43.4 Å².